The highest BCUT2D eigenvalue weighted by Crippen LogP contribution is 2.25. The van der Waals surface area contributed by atoms with Crippen molar-refractivity contribution in [2.45, 2.75) is 13.3 Å². The van der Waals surface area contributed by atoms with Crippen molar-refractivity contribution in [1.29, 1.82) is 0 Å². The number of para-hydroxylation sites is 1. The second-order valence-corrected chi connectivity index (χ2v) is 5.32. The normalized spacial score (nSPS) is 12.3. The Morgan fingerprint density at radius 1 is 1.21 bits per heavy atom. The SMILES string of the molecule is CCOC(=O)c1ccccc1NC(=O)c1ccc2c(c1)CC(=O)N2. The third-order valence-corrected chi connectivity index (χ3v) is 3.66. The van der Waals surface area contributed by atoms with Gasteiger partial charge >= 0.3 is 5.97 Å². The topological polar surface area (TPSA) is 84.5 Å². The van der Waals surface area contributed by atoms with E-state index in [9.17, 15) is 14.4 Å². The number of esters is 1. The van der Waals surface area contributed by atoms with Crippen LogP contribution in [0.2, 0.25) is 0 Å². The molecular formula is C18H16N2O4. The van der Waals surface area contributed by atoms with E-state index >= 15 is 0 Å². The molecule has 1 aliphatic heterocycles. The fourth-order valence-electron chi connectivity index (χ4n) is 2.54. The number of carbonyl (C=O) groups excluding carboxylic acids is 3. The number of carbonyl (C=O) groups is 3. The zero-order chi connectivity index (χ0) is 17.1. The minimum Gasteiger partial charge on any atom is -0.462 e. The van der Waals surface area contributed by atoms with Crippen molar-refractivity contribution in [2.75, 3.05) is 17.2 Å². The van der Waals surface area contributed by atoms with Crippen molar-refractivity contribution in [1.82, 2.24) is 0 Å². The van der Waals surface area contributed by atoms with Crippen molar-refractivity contribution < 1.29 is 19.1 Å². The van der Waals surface area contributed by atoms with Crippen LogP contribution in [0.4, 0.5) is 11.4 Å². The molecule has 0 unspecified atom stereocenters. The number of amides is 2. The molecule has 0 radical (unpaired) electrons. The first-order valence-corrected chi connectivity index (χ1v) is 7.58. The Kier molecular flexibility index (Phi) is 4.29. The minimum absolute atomic E-state index is 0.0878. The quantitative estimate of drug-likeness (QED) is 0.847. The number of anilines is 2. The van der Waals surface area contributed by atoms with Crippen LogP contribution in [0.25, 0.3) is 0 Å². The fourth-order valence-corrected chi connectivity index (χ4v) is 2.54. The Morgan fingerprint density at radius 3 is 2.79 bits per heavy atom. The van der Waals surface area contributed by atoms with Crippen LogP contribution in [0.5, 0.6) is 0 Å². The highest BCUT2D eigenvalue weighted by atomic mass is 16.5. The predicted molar refractivity (Wildman–Crippen MR) is 89.1 cm³/mol. The van der Waals surface area contributed by atoms with Crippen LogP contribution in [0.1, 0.15) is 33.2 Å². The lowest BCUT2D eigenvalue weighted by molar-refractivity contribution is -0.115. The number of fused-ring (bicyclic) bond motifs is 1. The molecule has 1 aliphatic rings. The van der Waals surface area contributed by atoms with Crippen molar-refractivity contribution in [3.8, 4) is 0 Å². The van der Waals surface area contributed by atoms with E-state index in [0.717, 1.165) is 11.3 Å². The summed E-state index contributed by atoms with van der Waals surface area (Å²) >= 11 is 0. The molecule has 0 saturated carbocycles. The van der Waals surface area contributed by atoms with Gasteiger partial charge in [-0.2, -0.15) is 0 Å². The molecule has 2 aromatic rings. The molecule has 6 nitrogen and oxygen atoms in total. The van der Waals surface area contributed by atoms with Gasteiger partial charge in [-0.15, -0.1) is 0 Å². The number of rotatable bonds is 4. The highest BCUT2D eigenvalue weighted by Gasteiger charge is 2.20. The summed E-state index contributed by atoms with van der Waals surface area (Å²) in [7, 11) is 0. The summed E-state index contributed by atoms with van der Waals surface area (Å²) in [6, 6.07) is 11.7. The Labute approximate surface area is 138 Å². The van der Waals surface area contributed by atoms with Crippen LogP contribution in [0.15, 0.2) is 42.5 Å². The summed E-state index contributed by atoms with van der Waals surface area (Å²) < 4.78 is 4.99. The van der Waals surface area contributed by atoms with Gasteiger partial charge in [0, 0.05) is 11.3 Å². The second-order valence-electron chi connectivity index (χ2n) is 5.32. The number of ether oxygens (including phenoxy) is 1. The predicted octanol–water partition coefficient (Wildman–Crippen LogP) is 2.61. The van der Waals surface area contributed by atoms with Crippen molar-refractivity contribution in [3.63, 3.8) is 0 Å². The van der Waals surface area contributed by atoms with Gasteiger partial charge in [-0.05, 0) is 42.8 Å². The maximum atomic E-state index is 12.5. The van der Waals surface area contributed by atoms with Gasteiger partial charge in [-0.3, -0.25) is 9.59 Å². The van der Waals surface area contributed by atoms with Gasteiger partial charge in [0.1, 0.15) is 0 Å². The zero-order valence-corrected chi connectivity index (χ0v) is 13.1. The Balaban J connectivity index is 1.82. The minimum atomic E-state index is -0.489. The van der Waals surface area contributed by atoms with Gasteiger partial charge in [0.05, 0.1) is 24.3 Å². The average molecular weight is 324 g/mol. The first kappa shape index (κ1) is 15.7. The molecule has 122 valence electrons. The van der Waals surface area contributed by atoms with Gasteiger partial charge < -0.3 is 15.4 Å². The Morgan fingerprint density at radius 2 is 2.00 bits per heavy atom. The van der Waals surface area contributed by atoms with Crippen LogP contribution in [-0.4, -0.2) is 24.4 Å². The summed E-state index contributed by atoms with van der Waals surface area (Å²) in [5.41, 5.74) is 2.61. The summed E-state index contributed by atoms with van der Waals surface area (Å²) in [6.45, 7) is 1.98. The van der Waals surface area contributed by atoms with Crippen LogP contribution >= 0.6 is 0 Å². The number of hydrogen-bond donors (Lipinski definition) is 2. The summed E-state index contributed by atoms with van der Waals surface area (Å²) in [4.78, 5) is 35.8. The van der Waals surface area contributed by atoms with E-state index in [1.54, 1.807) is 49.4 Å². The van der Waals surface area contributed by atoms with Gasteiger partial charge in [-0.25, -0.2) is 4.79 Å². The van der Waals surface area contributed by atoms with Gasteiger partial charge in [0.2, 0.25) is 5.91 Å². The summed E-state index contributed by atoms with van der Waals surface area (Å²) in [5.74, 6) is -0.929. The maximum Gasteiger partial charge on any atom is 0.340 e. The van der Waals surface area contributed by atoms with E-state index in [-0.39, 0.29) is 24.8 Å². The average Bonchev–Trinajstić information content (AvgIpc) is 2.94. The molecule has 6 heteroatoms. The van der Waals surface area contributed by atoms with E-state index in [0.29, 0.717) is 16.8 Å². The highest BCUT2D eigenvalue weighted by molar-refractivity contribution is 6.09. The molecular weight excluding hydrogens is 308 g/mol. The maximum absolute atomic E-state index is 12.5. The lowest BCUT2D eigenvalue weighted by Crippen LogP contribution is -2.16. The van der Waals surface area contributed by atoms with E-state index < -0.39 is 5.97 Å². The molecule has 0 atom stereocenters. The smallest absolute Gasteiger partial charge is 0.340 e. The van der Waals surface area contributed by atoms with E-state index in [1.807, 2.05) is 0 Å². The van der Waals surface area contributed by atoms with Gasteiger partial charge in [0.15, 0.2) is 0 Å². The van der Waals surface area contributed by atoms with Crippen molar-refractivity contribution in [3.05, 3.63) is 59.2 Å². The molecule has 0 spiro atoms. The third-order valence-electron chi connectivity index (χ3n) is 3.66. The fraction of sp³-hybridized carbons (Fsp3) is 0.167. The number of hydrogen-bond acceptors (Lipinski definition) is 4. The van der Waals surface area contributed by atoms with Crippen LogP contribution in [0.3, 0.4) is 0 Å². The Hall–Kier alpha value is -3.15. The molecule has 0 bridgehead atoms. The van der Waals surface area contributed by atoms with Crippen LogP contribution in [-0.2, 0) is 16.0 Å². The molecule has 0 saturated heterocycles. The van der Waals surface area contributed by atoms with Crippen LogP contribution < -0.4 is 10.6 Å². The lowest BCUT2D eigenvalue weighted by atomic mass is 10.1. The Bertz CT molecular complexity index is 830. The number of benzene rings is 2. The zero-order valence-electron chi connectivity index (χ0n) is 13.1. The summed E-state index contributed by atoms with van der Waals surface area (Å²) in [6.07, 6.45) is 0.260. The molecule has 0 fully saturated rings. The molecule has 3 rings (SSSR count). The molecule has 2 aromatic carbocycles. The first-order chi connectivity index (χ1) is 11.6. The van der Waals surface area contributed by atoms with E-state index in [2.05, 4.69) is 10.6 Å². The second kappa shape index (κ2) is 6.54. The monoisotopic (exact) mass is 324 g/mol. The molecule has 2 N–H and O–H groups in total. The van der Waals surface area contributed by atoms with Gasteiger partial charge in [-0.1, -0.05) is 12.1 Å². The molecule has 2 amide bonds. The summed E-state index contributed by atoms with van der Waals surface area (Å²) in [5, 5.41) is 5.44. The van der Waals surface area contributed by atoms with Crippen molar-refractivity contribution >= 4 is 29.2 Å². The van der Waals surface area contributed by atoms with Gasteiger partial charge in [0.25, 0.3) is 5.91 Å². The largest absolute Gasteiger partial charge is 0.462 e. The van der Waals surface area contributed by atoms with Crippen LogP contribution in [0, 0.1) is 0 Å². The van der Waals surface area contributed by atoms with E-state index in [4.69, 9.17) is 4.74 Å². The molecule has 0 aliphatic carbocycles. The standard InChI is InChI=1S/C18H16N2O4/c1-2-24-18(23)13-5-3-4-6-15(13)20-17(22)11-7-8-14-12(9-11)10-16(21)19-14/h3-9H,2,10H2,1H3,(H,19,21)(H,20,22). The molecule has 1 heterocycles. The molecule has 0 aromatic heterocycles. The molecule has 24 heavy (non-hydrogen) atoms. The van der Waals surface area contributed by atoms with Crippen molar-refractivity contribution in [2.24, 2.45) is 0 Å². The lowest BCUT2D eigenvalue weighted by Gasteiger charge is -2.11. The first-order valence-electron chi connectivity index (χ1n) is 7.58. The third kappa shape index (κ3) is 3.12. The number of nitrogens with one attached hydrogen (secondary N) is 2. The van der Waals surface area contributed by atoms with E-state index in [1.165, 1.54) is 0 Å².